The maximum Gasteiger partial charge on any atom is 0.256 e. The zero-order valence-corrected chi connectivity index (χ0v) is 16.4. The van der Waals surface area contributed by atoms with E-state index in [-0.39, 0.29) is 17.9 Å². The van der Waals surface area contributed by atoms with Crippen LogP contribution in [0.25, 0.3) is 11.4 Å². The van der Waals surface area contributed by atoms with Crippen molar-refractivity contribution < 1.29 is 4.79 Å². The van der Waals surface area contributed by atoms with Crippen molar-refractivity contribution in [3.8, 4) is 11.4 Å². The summed E-state index contributed by atoms with van der Waals surface area (Å²) >= 11 is 0. The summed E-state index contributed by atoms with van der Waals surface area (Å²) < 4.78 is 1.94. The van der Waals surface area contributed by atoms with Gasteiger partial charge in [0, 0.05) is 36.9 Å². The molecule has 7 heteroatoms. The first kappa shape index (κ1) is 18.3. The summed E-state index contributed by atoms with van der Waals surface area (Å²) in [5, 5.41) is 4.68. The Balaban J connectivity index is 1.73. The van der Waals surface area contributed by atoms with E-state index < -0.39 is 0 Å². The van der Waals surface area contributed by atoms with Crippen LogP contribution in [-0.4, -0.2) is 42.1 Å². The Bertz CT molecular complexity index is 984. The van der Waals surface area contributed by atoms with Crippen molar-refractivity contribution in [2.75, 3.05) is 6.54 Å². The molecule has 0 fully saturated rings. The summed E-state index contributed by atoms with van der Waals surface area (Å²) in [6.45, 7) is 7.47. The number of hydrogen-bond donors (Lipinski definition) is 0. The highest BCUT2D eigenvalue weighted by Gasteiger charge is 2.37. The number of aromatic nitrogens is 5. The van der Waals surface area contributed by atoms with Crippen LogP contribution in [0.5, 0.6) is 0 Å². The Hall–Kier alpha value is -3.09. The zero-order valence-electron chi connectivity index (χ0n) is 16.4. The van der Waals surface area contributed by atoms with Crippen molar-refractivity contribution in [3.05, 3.63) is 59.9 Å². The first-order valence-electron chi connectivity index (χ1n) is 9.66. The minimum absolute atomic E-state index is 0.00122. The van der Waals surface area contributed by atoms with Crippen molar-refractivity contribution in [2.24, 2.45) is 5.92 Å². The molecule has 1 aliphatic heterocycles. The van der Waals surface area contributed by atoms with Gasteiger partial charge in [0.05, 0.1) is 18.2 Å². The van der Waals surface area contributed by atoms with E-state index >= 15 is 0 Å². The van der Waals surface area contributed by atoms with Gasteiger partial charge in [-0.25, -0.2) is 9.67 Å². The van der Waals surface area contributed by atoms with Crippen LogP contribution < -0.4 is 0 Å². The predicted molar refractivity (Wildman–Crippen MR) is 105 cm³/mol. The van der Waals surface area contributed by atoms with Crippen molar-refractivity contribution in [1.82, 2.24) is 29.6 Å². The van der Waals surface area contributed by atoms with Gasteiger partial charge >= 0.3 is 0 Å². The molecule has 28 heavy (non-hydrogen) atoms. The second-order valence-electron chi connectivity index (χ2n) is 7.34. The third-order valence-corrected chi connectivity index (χ3v) is 5.34. The van der Waals surface area contributed by atoms with Gasteiger partial charge in [-0.15, -0.1) is 0 Å². The van der Waals surface area contributed by atoms with Crippen LogP contribution in [0.3, 0.4) is 0 Å². The fourth-order valence-corrected chi connectivity index (χ4v) is 3.69. The van der Waals surface area contributed by atoms with Crippen molar-refractivity contribution >= 4 is 5.91 Å². The van der Waals surface area contributed by atoms with Crippen molar-refractivity contribution in [1.29, 1.82) is 0 Å². The molecular formula is C21H24N6O. The van der Waals surface area contributed by atoms with Gasteiger partial charge in [-0.05, 0) is 36.6 Å². The summed E-state index contributed by atoms with van der Waals surface area (Å²) in [5.41, 5.74) is 2.48. The highest BCUT2D eigenvalue weighted by atomic mass is 16.2. The van der Waals surface area contributed by atoms with Gasteiger partial charge in [0.2, 0.25) is 0 Å². The van der Waals surface area contributed by atoms with E-state index in [1.165, 1.54) is 0 Å². The highest BCUT2D eigenvalue weighted by molar-refractivity contribution is 5.94. The van der Waals surface area contributed by atoms with Gasteiger partial charge < -0.3 is 4.90 Å². The number of fused-ring (bicyclic) bond motifs is 1. The summed E-state index contributed by atoms with van der Waals surface area (Å²) in [4.78, 5) is 28.4. The van der Waals surface area contributed by atoms with Gasteiger partial charge in [-0.2, -0.15) is 5.10 Å². The molecule has 7 nitrogen and oxygen atoms in total. The fourth-order valence-electron chi connectivity index (χ4n) is 3.69. The highest BCUT2D eigenvalue weighted by Crippen LogP contribution is 2.34. The Morgan fingerprint density at radius 3 is 2.82 bits per heavy atom. The number of pyridine rings is 2. The normalized spacial score (nSPS) is 17.2. The number of rotatable bonds is 4. The van der Waals surface area contributed by atoms with Gasteiger partial charge in [0.25, 0.3) is 5.91 Å². The standard InChI is InChI=1S/C21H24N6O/c1-4-15(3)18-20-24-19(16-6-5-7-22-12-16)25-27(20)9-8-26(18)21(28)17-10-14(2)11-23-13-17/h5-7,10-13,15,18H,4,8-9H2,1-3H3/t15-,18-/m0/s1. The Morgan fingerprint density at radius 1 is 1.25 bits per heavy atom. The molecule has 3 aromatic heterocycles. The van der Waals surface area contributed by atoms with Crippen LogP contribution >= 0.6 is 0 Å². The Morgan fingerprint density at radius 2 is 2.11 bits per heavy atom. The molecule has 0 radical (unpaired) electrons. The molecule has 0 aromatic carbocycles. The molecule has 1 amide bonds. The van der Waals surface area contributed by atoms with E-state index in [4.69, 9.17) is 4.98 Å². The lowest BCUT2D eigenvalue weighted by Crippen LogP contribution is -2.45. The molecule has 0 aliphatic carbocycles. The third kappa shape index (κ3) is 3.28. The fraction of sp³-hybridized carbons (Fsp3) is 0.381. The van der Waals surface area contributed by atoms with E-state index in [9.17, 15) is 4.79 Å². The summed E-state index contributed by atoms with van der Waals surface area (Å²) in [7, 11) is 0. The van der Waals surface area contributed by atoms with E-state index in [0.29, 0.717) is 24.5 Å². The Labute approximate surface area is 164 Å². The molecule has 4 heterocycles. The molecule has 144 valence electrons. The van der Waals surface area contributed by atoms with Crippen LogP contribution in [0.2, 0.25) is 0 Å². The minimum atomic E-state index is -0.121. The number of carbonyl (C=O) groups is 1. The van der Waals surface area contributed by atoms with Crippen LogP contribution in [0.1, 0.15) is 48.1 Å². The molecule has 0 unspecified atom stereocenters. The lowest BCUT2D eigenvalue weighted by Gasteiger charge is -2.38. The topological polar surface area (TPSA) is 76.8 Å². The molecule has 0 saturated heterocycles. The van der Waals surface area contributed by atoms with Crippen LogP contribution in [0.4, 0.5) is 0 Å². The van der Waals surface area contributed by atoms with E-state index in [0.717, 1.165) is 23.4 Å². The van der Waals surface area contributed by atoms with Gasteiger partial charge in [-0.3, -0.25) is 14.8 Å². The van der Waals surface area contributed by atoms with Crippen LogP contribution in [0.15, 0.2) is 43.0 Å². The zero-order chi connectivity index (χ0) is 19.7. The Kier molecular flexibility index (Phi) is 4.90. The average Bonchev–Trinajstić information content (AvgIpc) is 3.17. The lowest BCUT2D eigenvalue weighted by atomic mass is 9.94. The molecule has 3 aromatic rings. The van der Waals surface area contributed by atoms with Gasteiger partial charge in [0.1, 0.15) is 0 Å². The minimum Gasteiger partial charge on any atom is -0.326 e. The predicted octanol–water partition coefficient (Wildman–Crippen LogP) is 3.29. The summed E-state index contributed by atoms with van der Waals surface area (Å²) in [6, 6.07) is 5.60. The van der Waals surface area contributed by atoms with E-state index in [1.807, 2.05) is 34.7 Å². The molecule has 4 rings (SSSR count). The quantitative estimate of drug-likeness (QED) is 0.698. The number of aryl methyl sites for hydroxylation is 1. The largest absolute Gasteiger partial charge is 0.326 e. The molecule has 0 N–H and O–H groups in total. The third-order valence-electron chi connectivity index (χ3n) is 5.34. The molecule has 0 spiro atoms. The first-order valence-corrected chi connectivity index (χ1v) is 9.66. The van der Waals surface area contributed by atoms with E-state index in [2.05, 4.69) is 28.9 Å². The molecule has 2 atom stereocenters. The SMILES string of the molecule is CC[C@H](C)[C@H]1c2nc(-c3cccnc3)nn2CCN1C(=O)c1cncc(C)c1. The second-order valence-corrected chi connectivity index (χ2v) is 7.34. The number of hydrogen-bond acceptors (Lipinski definition) is 5. The molecule has 0 bridgehead atoms. The van der Waals surface area contributed by atoms with E-state index in [1.54, 1.807) is 24.8 Å². The first-order chi connectivity index (χ1) is 13.6. The summed E-state index contributed by atoms with van der Waals surface area (Å²) in [5.74, 6) is 1.75. The maximum atomic E-state index is 13.3. The monoisotopic (exact) mass is 376 g/mol. The van der Waals surface area contributed by atoms with Crippen molar-refractivity contribution in [3.63, 3.8) is 0 Å². The lowest BCUT2D eigenvalue weighted by molar-refractivity contribution is 0.0518. The number of amides is 1. The van der Waals surface area contributed by atoms with Gasteiger partial charge in [-0.1, -0.05) is 20.3 Å². The molecule has 0 saturated carbocycles. The summed E-state index contributed by atoms with van der Waals surface area (Å²) in [6.07, 6.45) is 7.84. The number of carbonyl (C=O) groups excluding carboxylic acids is 1. The van der Waals surface area contributed by atoms with Gasteiger partial charge in [0.15, 0.2) is 11.6 Å². The average molecular weight is 376 g/mol. The second kappa shape index (κ2) is 7.50. The molecule has 1 aliphatic rings. The smallest absolute Gasteiger partial charge is 0.256 e. The van der Waals surface area contributed by atoms with Crippen LogP contribution in [-0.2, 0) is 6.54 Å². The van der Waals surface area contributed by atoms with Crippen molar-refractivity contribution in [2.45, 2.75) is 39.8 Å². The number of nitrogens with zero attached hydrogens (tertiary/aromatic N) is 6. The molecular weight excluding hydrogens is 352 g/mol. The maximum absolute atomic E-state index is 13.3. The van der Waals surface area contributed by atoms with Crippen LogP contribution in [0, 0.1) is 12.8 Å².